The van der Waals surface area contributed by atoms with Gasteiger partial charge in [0, 0.05) is 12.5 Å². The molecular weight excluding hydrogens is 372 g/mol. The molecule has 29 heavy (non-hydrogen) atoms. The smallest absolute Gasteiger partial charge is 0.258 e. The Morgan fingerprint density at radius 3 is 2.14 bits per heavy atom. The average Bonchev–Trinajstić information content (AvgIpc) is 3.18. The summed E-state index contributed by atoms with van der Waals surface area (Å²) in [6, 6.07) is 20.7. The molecule has 0 amide bonds. The molecule has 2 aromatic rings. The lowest BCUT2D eigenvalue weighted by Crippen LogP contribution is -2.65. The Kier molecular flexibility index (Phi) is 7.50. The average molecular weight is 409 g/mol. The van der Waals surface area contributed by atoms with E-state index in [-0.39, 0.29) is 5.04 Å². The molecule has 0 saturated carbocycles. The van der Waals surface area contributed by atoms with Gasteiger partial charge < -0.3 is 9.53 Å². The standard InChI is InChI=1S/C26H36O2Si/c1-4-5-19-28-21-23-14-12-13-22(23)20-26(2,3)29(27,24-15-8-6-9-16-24)25-17-10-7-11-18-25/h6-12,14-18,22-23,27H,4-5,13,19-21H2,1-3H3/t22-,23-/m0/s1. The molecule has 3 heteroatoms. The molecule has 2 nitrogen and oxygen atoms in total. The fourth-order valence-electron chi connectivity index (χ4n) is 4.76. The van der Waals surface area contributed by atoms with Crippen LogP contribution in [0.2, 0.25) is 5.04 Å². The van der Waals surface area contributed by atoms with Crippen LogP contribution in [0.4, 0.5) is 0 Å². The second-order valence-electron chi connectivity index (χ2n) is 9.05. The molecule has 2 aromatic carbocycles. The summed E-state index contributed by atoms with van der Waals surface area (Å²) in [5, 5.41) is 1.99. The van der Waals surface area contributed by atoms with Crippen LogP contribution in [0.1, 0.15) is 46.5 Å². The zero-order valence-electron chi connectivity index (χ0n) is 18.2. The molecule has 0 radical (unpaired) electrons. The van der Waals surface area contributed by atoms with Gasteiger partial charge in [-0.05, 0) is 40.6 Å². The Hall–Kier alpha value is -1.68. The first-order valence-electron chi connectivity index (χ1n) is 11.1. The van der Waals surface area contributed by atoms with E-state index in [1.165, 1.54) is 6.42 Å². The van der Waals surface area contributed by atoms with E-state index in [1.807, 2.05) is 36.4 Å². The highest BCUT2D eigenvalue weighted by molar-refractivity contribution is 6.98. The van der Waals surface area contributed by atoms with Crippen molar-refractivity contribution in [1.29, 1.82) is 0 Å². The second-order valence-corrected chi connectivity index (χ2v) is 13.0. The van der Waals surface area contributed by atoms with E-state index in [2.05, 4.69) is 57.2 Å². The molecule has 156 valence electrons. The Bertz CT molecular complexity index is 730. The summed E-state index contributed by atoms with van der Waals surface area (Å²) in [7, 11) is -2.94. The number of ether oxygens (including phenoxy) is 1. The molecule has 0 bridgehead atoms. The molecule has 0 saturated heterocycles. The summed E-state index contributed by atoms with van der Waals surface area (Å²) < 4.78 is 5.96. The van der Waals surface area contributed by atoms with Crippen molar-refractivity contribution in [3.63, 3.8) is 0 Å². The van der Waals surface area contributed by atoms with Gasteiger partial charge in [-0.3, -0.25) is 0 Å². The van der Waals surface area contributed by atoms with E-state index in [0.717, 1.165) is 42.8 Å². The van der Waals surface area contributed by atoms with Gasteiger partial charge in [0.25, 0.3) is 8.32 Å². The van der Waals surface area contributed by atoms with Gasteiger partial charge in [0.1, 0.15) is 0 Å². The third-order valence-electron chi connectivity index (χ3n) is 6.52. The zero-order chi connectivity index (χ0) is 20.7. The molecule has 0 fully saturated rings. The number of rotatable bonds is 10. The highest BCUT2D eigenvalue weighted by Crippen LogP contribution is 2.45. The summed E-state index contributed by atoms with van der Waals surface area (Å²) >= 11 is 0. The van der Waals surface area contributed by atoms with Gasteiger partial charge in [-0.1, -0.05) is 100 Å². The first-order valence-corrected chi connectivity index (χ1v) is 13.0. The molecule has 0 unspecified atom stereocenters. The maximum atomic E-state index is 12.4. The molecule has 1 aliphatic rings. The van der Waals surface area contributed by atoms with E-state index in [4.69, 9.17) is 4.74 Å². The van der Waals surface area contributed by atoms with Crippen LogP contribution in [0.15, 0.2) is 72.8 Å². The van der Waals surface area contributed by atoms with Crippen molar-refractivity contribution in [2.45, 2.75) is 51.5 Å². The second kappa shape index (κ2) is 9.88. The molecule has 0 aliphatic heterocycles. The van der Waals surface area contributed by atoms with Crippen molar-refractivity contribution in [2.75, 3.05) is 13.2 Å². The maximum absolute atomic E-state index is 12.4. The molecule has 1 aliphatic carbocycles. The van der Waals surface area contributed by atoms with E-state index >= 15 is 0 Å². The quantitative estimate of drug-likeness (QED) is 0.344. The van der Waals surface area contributed by atoms with Gasteiger partial charge in [0.15, 0.2) is 0 Å². The van der Waals surface area contributed by atoms with Crippen LogP contribution in [0.3, 0.4) is 0 Å². The Morgan fingerprint density at radius 1 is 1.00 bits per heavy atom. The predicted molar refractivity (Wildman–Crippen MR) is 125 cm³/mol. The minimum Gasteiger partial charge on any atom is -0.424 e. The fourth-order valence-corrected chi connectivity index (χ4v) is 8.57. The number of hydrogen-bond acceptors (Lipinski definition) is 2. The highest BCUT2D eigenvalue weighted by Gasteiger charge is 2.51. The molecule has 2 atom stereocenters. The predicted octanol–water partition coefficient (Wildman–Crippen LogP) is 4.92. The van der Waals surface area contributed by atoms with Crippen LogP contribution in [0.25, 0.3) is 0 Å². The summed E-state index contributed by atoms with van der Waals surface area (Å²) in [6.07, 6.45) is 9.01. The van der Waals surface area contributed by atoms with Gasteiger partial charge >= 0.3 is 0 Å². The van der Waals surface area contributed by atoms with Gasteiger partial charge in [0.05, 0.1) is 6.61 Å². The van der Waals surface area contributed by atoms with Crippen LogP contribution in [0.5, 0.6) is 0 Å². The van der Waals surface area contributed by atoms with Gasteiger partial charge in [0.2, 0.25) is 0 Å². The van der Waals surface area contributed by atoms with Crippen molar-refractivity contribution in [3.05, 3.63) is 72.8 Å². The normalized spacial score (nSPS) is 19.6. The van der Waals surface area contributed by atoms with E-state index in [1.54, 1.807) is 0 Å². The van der Waals surface area contributed by atoms with Crippen molar-refractivity contribution in [3.8, 4) is 0 Å². The minimum absolute atomic E-state index is 0.200. The molecule has 0 heterocycles. The van der Waals surface area contributed by atoms with E-state index in [0.29, 0.717) is 11.8 Å². The zero-order valence-corrected chi connectivity index (χ0v) is 19.2. The summed E-state index contributed by atoms with van der Waals surface area (Å²) in [6.45, 7) is 8.39. The molecule has 0 spiro atoms. The van der Waals surface area contributed by atoms with Crippen LogP contribution >= 0.6 is 0 Å². The Labute approximate surface area is 177 Å². The van der Waals surface area contributed by atoms with Crippen molar-refractivity contribution < 1.29 is 9.53 Å². The van der Waals surface area contributed by atoms with Gasteiger partial charge in [-0.15, -0.1) is 0 Å². The number of benzene rings is 2. The SMILES string of the molecule is CCCCOC[C@@H]1C=CC[C@H]1CC(C)(C)[Si](O)(c1ccccc1)c1ccccc1. The van der Waals surface area contributed by atoms with Crippen LogP contribution in [-0.4, -0.2) is 26.3 Å². The van der Waals surface area contributed by atoms with Gasteiger partial charge in [-0.25, -0.2) is 0 Å². The van der Waals surface area contributed by atoms with E-state index < -0.39 is 8.32 Å². The lowest BCUT2D eigenvalue weighted by molar-refractivity contribution is 0.0915. The van der Waals surface area contributed by atoms with Crippen LogP contribution in [0, 0.1) is 11.8 Å². The summed E-state index contributed by atoms with van der Waals surface area (Å²) in [5.74, 6) is 0.981. The molecule has 1 N–H and O–H groups in total. The number of allylic oxidation sites excluding steroid dienone is 1. The van der Waals surface area contributed by atoms with Crippen molar-refractivity contribution >= 4 is 18.7 Å². The number of unbranched alkanes of at least 4 members (excludes halogenated alkanes) is 1. The largest absolute Gasteiger partial charge is 0.424 e. The number of hydrogen-bond donors (Lipinski definition) is 1. The highest BCUT2D eigenvalue weighted by atomic mass is 28.4. The summed E-state index contributed by atoms with van der Waals surface area (Å²) in [4.78, 5) is 12.4. The fraction of sp³-hybridized carbons (Fsp3) is 0.462. The van der Waals surface area contributed by atoms with Crippen LogP contribution < -0.4 is 10.4 Å². The third kappa shape index (κ3) is 4.91. The Morgan fingerprint density at radius 2 is 1.59 bits per heavy atom. The molecule has 0 aromatic heterocycles. The molecular formula is C26H36O2Si. The first kappa shape index (κ1) is 22.0. The monoisotopic (exact) mass is 408 g/mol. The van der Waals surface area contributed by atoms with E-state index in [9.17, 15) is 4.80 Å². The van der Waals surface area contributed by atoms with Crippen molar-refractivity contribution in [1.82, 2.24) is 0 Å². The first-order chi connectivity index (χ1) is 14.0. The maximum Gasteiger partial charge on any atom is 0.258 e. The Balaban J connectivity index is 1.84. The summed E-state index contributed by atoms with van der Waals surface area (Å²) in [5.41, 5.74) is 0. The lowest BCUT2D eigenvalue weighted by Gasteiger charge is -2.43. The molecule has 3 rings (SSSR count). The van der Waals surface area contributed by atoms with Gasteiger partial charge in [-0.2, -0.15) is 0 Å². The van der Waals surface area contributed by atoms with Crippen LogP contribution in [-0.2, 0) is 4.74 Å². The van der Waals surface area contributed by atoms with Crippen molar-refractivity contribution in [2.24, 2.45) is 11.8 Å². The third-order valence-corrected chi connectivity index (χ3v) is 11.0. The minimum atomic E-state index is -2.94. The topological polar surface area (TPSA) is 29.5 Å². The lowest BCUT2D eigenvalue weighted by atomic mass is 9.87.